The molecule has 100 valence electrons. The molecule has 0 saturated carbocycles. The highest BCUT2D eigenvalue weighted by Crippen LogP contribution is 2.25. The Morgan fingerprint density at radius 3 is 2.68 bits per heavy atom. The fraction of sp³-hybridized carbons (Fsp3) is 0.214. The van der Waals surface area contributed by atoms with Crippen molar-refractivity contribution in [1.29, 1.82) is 0 Å². The van der Waals surface area contributed by atoms with E-state index < -0.39 is 0 Å². The molecule has 0 aliphatic heterocycles. The molecule has 5 heteroatoms. The topological polar surface area (TPSA) is 38.3 Å². The number of hydrogen-bond acceptors (Lipinski definition) is 3. The summed E-state index contributed by atoms with van der Waals surface area (Å²) in [5.41, 5.74) is 1.92. The van der Waals surface area contributed by atoms with Crippen LogP contribution in [0.4, 0.5) is 5.69 Å². The van der Waals surface area contributed by atoms with Crippen LogP contribution in [0, 0.1) is 0 Å². The molecule has 19 heavy (non-hydrogen) atoms. The van der Waals surface area contributed by atoms with Gasteiger partial charge in [-0.05, 0) is 35.6 Å². The number of aryl methyl sites for hydroxylation is 1. The second kappa shape index (κ2) is 6.59. The summed E-state index contributed by atoms with van der Waals surface area (Å²) in [6.45, 7) is 0. The van der Waals surface area contributed by atoms with Gasteiger partial charge in [-0.25, -0.2) is 0 Å². The molecule has 0 aliphatic rings. The number of halogens is 1. The first kappa shape index (κ1) is 13.9. The van der Waals surface area contributed by atoms with Gasteiger partial charge in [-0.15, -0.1) is 22.9 Å². The molecule has 1 aromatic carbocycles. The number of thiophene rings is 1. The number of alkyl halides is 1. The summed E-state index contributed by atoms with van der Waals surface area (Å²) in [5.74, 6) is 1.04. The van der Waals surface area contributed by atoms with Gasteiger partial charge in [-0.1, -0.05) is 12.1 Å². The smallest absolute Gasteiger partial charge is 0.269 e. The number of anilines is 1. The average molecular weight is 296 g/mol. The standard InChI is InChI=1S/C14H14ClNO2S/c1-18-12-7-9-19-13(12)14(17)16-11-4-2-10(3-5-11)6-8-15/h2-5,7,9H,6,8H2,1H3,(H,16,17). The van der Waals surface area contributed by atoms with Gasteiger partial charge in [0.1, 0.15) is 10.6 Å². The van der Waals surface area contributed by atoms with Crippen molar-refractivity contribution in [3.05, 3.63) is 46.2 Å². The van der Waals surface area contributed by atoms with Crippen LogP contribution in [-0.4, -0.2) is 18.9 Å². The lowest BCUT2D eigenvalue weighted by Gasteiger charge is -2.06. The molecular formula is C14H14ClNO2S. The molecule has 0 unspecified atom stereocenters. The van der Waals surface area contributed by atoms with Crippen molar-refractivity contribution in [2.45, 2.75) is 6.42 Å². The first-order chi connectivity index (χ1) is 9.24. The molecule has 1 aromatic heterocycles. The van der Waals surface area contributed by atoms with Gasteiger partial charge in [0.15, 0.2) is 0 Å². The monoisotopic (exact) mass is 295 g/mol. The van der Waals surface area contributed by atoms with Crippen LogP contribution in [0.2, 0.25) is 0 Å². The van der Waals surface area contributed by atoms with Crippen LogP contribution >= 0.6 is 22.9 Å². The number of hydrogen-bond donors (Lipinski definition) is 1. The third-order valence-corrected chi connectivity index (χ3v) is 3.73. The van der Waals surface area contributed by atoms with Crippen LogP contribution in [0.25, 0.3) is 0 Å². The molecule has 0 saturated heterocycles. The van der Waals surface area contributed by atoms with Crippen molar-refractivity contribution in [2.24, 2.45) is 0 Å². The first-order valence-electron chi connectivity index (χ1n) is 5.82. The maximum atomic E-state index is 12.1. The van der Waals surface area contributed by atoms with Gasteiger partial charge in [-0.3, -0.25) is 4.79 Å². The fourth-order valence-corrected chi connectivity index (χ4v) is 2.65. The van der Waals surface area contributed by atoms with Crippen molar-refractivity contribution in [3.63, 3.8) is 0 Å². The molecule has 1 heterocycles. The highest BCUT2D eigenvalue weighted by molar-refractivity contribution is 7.12. The van der Waals surface area contributed by atoms with Gasteiger partial charge in [0.05, 0.1) is 7.11 Å². The maximum absolute atomic E-state index is 12.1. The normalized spacial score (nSPS) is 10.2. The van der Waals surface area contributed by atoms with Crippen molar-refractivity contribution < 1.29 is 9.53 Å². The number of benzene rings is 1. The van der Waals surface area contributed by atoms with Crippen molar-refractivity contribution in [1.82, 2.24) is 0 Å². The molecule has 0 aliphatic carbocycles. The Bertz CT molecular complexity index is 551. The SMILES string of the molecule is COc1ccsc1C(=O)Nc1ccc(CCCl)cc1. The van der Waals surface area contributed by atoms with E-state index in [9.17, 15) is 4.79 Å². The highest BCUT2D eigenvalue weighted by Gasteiger charge is 2.13. The Hall–Kier alpha value is -1.52. The van der Waals surface area contributed by atoms with E-state index in [0.717, 1.165) is 17.7 Å². The molecule has 0 spiro atoms. The van der Waals surface area contributed by atoms with E-state index >= 15 is 0 Å². The van der Waals surface area contributed by atoms with Crippen molar-refractivity contribution in [2.75, 3.05) is 18.3 Å². The predicted molar refractivity (Wildman–Crippen MR) is 79.7 cm³/mol. The van der Waals surface area contributed by atoms with Gasteiger partial charge in [0.2, 0.25) is 0 Å². The third-order valence-electron chi connectivity index (χ3n) is 2.65. The lowest BCUT2D eigenvalue weighted by Crippen LogP contribution is -2.11. The largest absolute Gasteiger partial charge is 0.495 e. The van der Waals surface area contributed by atoms with Gasteiger partial charge >= 0.3 is 0 Å². The zero-order valence-electron chi connectivity index (χ0n) is 10.5. The number of carbonyl (C=O) groups excluding carboxylic acids is 1. The third kappa shape index (κ3) is 3.49. The van der Waals surface area contributed by atoms with E-state index in [-0.39, 0.29) is 5.91 Å². The number of amides is 1. The van der Waals surface area contributed by atoms with Crippen molar-refractivity contribution in [3.8, 4) is 5.75 Å². The van der Waals surface area contributed by atoms with Crippen molar-refractivity contribution >= 4 is 34.5 Å². The predicted octanol–water partition coefficient (Wildman–Crippen LogP) is 3.79. The Balaban J connectivity index is 2.06. The molecule has 0 atom stereocenters. The van der Waals surface area contributed by atoms with E-state index in [0.29, 0.717) is 16.5 Å². The Labute approximate surface area is 121 Å². The van der Waals surface area contributed by atoms with Gasteiger partial charge in [0, 0.05) is 11.6 Å². The molecule has 1 amide bonds. The molecule has 0 bridgehead atoms. The first-order valence-corrected chi connectivity index (χ1v) is 7.23. The zero-order chi connectivity index (χ0) is 13.7. The van der Waals surface area contributed by atoms with Gasteiger partial charge in [-0.2, -0.15) is 0 Å². The summed E-state index contributed by atoms with van der Waals surface area (Å²) in [5, 5.41) is 4.68. The molecular weight excluding hydrogens is 282 g/mol. The minimum absolute atomic E-state index is 0.156. The average Bonchev–Trinajstić information content (AvgIpc) is 2.90. The Kier molecular flexibility index (Phi) is 4.82. The lowest BCUT2D eigenvalue weighted by atomic mass is 10.1. The highest BCUT2D eigenvalue weighted by atomic mass is 35.5. The van der Waals surface area contributed by atoms with E-state index in [4.69, 9.17) is 16.3 Å². The van der Waals surface area contributed by atoms with Crippen LogP contribution in [0.15, 0.2) is 35.7 Å². The second-order valence-corrected chi connectivity index (χ2v) is 5.20. The quantitative estimate of drug-likeness (QED) is 0.852. The number of ether oxygens (including phenoxy) is 1. The number of rotatable bonds is 5. The van der Waals surface area contributed by atoms with Crippen LogP contribution in [-0.2, 0) is 6.42 Å². The molecule has 0 radical (unpaired) electrons. The molecule has 2 rings (SSSR count). The van der Waals surface area contributed by atoms with Crippen LogP contribution in [0.3, 0.4) is 0 Å². The molecule has 2 aromatic rings. The summed E-state index contributed by atoms with van der Waals surface area (Å²) in [7, 11) is 1.56. The summed E-state index contributed by atoms with van der Waals surface area (Å²) in [4.78, 5) is 12.6. The van der Waals surface area contributed by atoms with E-state index in [2.05, 4.69) is 5.32 Å². The number of carbonyl (C=O) groups is 1. The zero-order valence-corrected chi connectivity index (χ0v) is 12.1. The molecule has 0 fully saturated rings. The van der Waals surface area contributed by atoms with Gasteiger partial charge in [0.25, 0.3) is 5.91 Å². The fourth-order valence-electron chi connectivity index (χ4n) is 1.68. The number of methoxy groups -OCH3 is 1. The maximum Gasteiger partial charge on any atom is 0.269 e. The summed E-state index contributed by atoms with van der Waals surface area (Å²) in [6, 6.07) is 9.45. The number of nitrogens with one attached hydrogen (secondary N) is 1. The van der Waals surface area contributed by atoms with E-state index in [1.54, 1.807) is 13.2 Å². The summed E-state index contributed by atoms with van der Waals surface area (Å²) < 4.78 is 5.13. The molecule has 3 nitrogen and oxygen atoms in total. The minimum atomic E-state index is -0.156. The van der Waals surface area contributed by atoms with Gasteiger partial charge < -0.3 is 10.1 Å². The summed E-state index contributed by atoms with van der Waals surface area (Å²) >= 11 is 7.04. The van der Waals surface area contributed by atoms with Crippen LogP contribution in [0.5, 0.6) is 5.75 Å². The summed E-state index contributed by atoms with van der Waals surface area (Å²) in [6.07, 6.45) is 0.828. The lowest BCUT2D eigenvalue weighted by molar-refractivity contribution is 0.102. The second-order valence-electron chi connectivity index (χ2n) is 3.91. The van der Waals surface area contributed by atoms with Crippen LogP contribution < -0.4 is 10.1 Å². The van der Waals surface area contributed by atoms with E-state index in [1.807, 2.05) is 29.6 Å². The van der Waals surface area contributed by atoms with Crippen LogP contribution in [0.1, 0.15) is 15.2 Å². The van der Waals surface area contributed by atoms with E-state index in [1.165, 1.54) is 11.3 Å². The minimum Gasteiger partial charge on any atom is -0.495 e. The Morgan fingerprint density at radius 2 is 2.05 bits per heavy atom. The molecule has 1 N–H and O–H groups in total. The Morgan fingerprint density at radius 1 is 1.32 bits per heavy atom.